The molecule has 2 aromatic rings. The van der Waals surface area contributed by atoms with Crippen molar-refractivity contribution in [3.63, 3.8) is 0 Å². The number of aliphatic hydroxyl groups is 1. The lowest BCUT2D eigenvalue weighted by Crippen LogP contribution is -2.36. The van der Waals surface area contributed by atoms with Crippen LogP contribution in [-0.2, 0) is 0 Å². The van der Waals surface area contributed by atoms with Crippen LogP contribution in [0.3, 0.4) is 0 Å². The molecular formula is C11H13F2N5OS. The highest BCUT2D eigenvalue weighted by Crippen LogP contribution is 2.28. The third-order valence-corrected chi connectivity index (χ3v) is 4.40. The molecule has 0 bridgehead atoms. The molecule has 1 aliphatic rings. The van der Waals surface area contributed by atoms with Gasteiger partial charge in [0, 0.05) is 12.3 Å². The molecule has 3 heterocycles. The number of aromatic nitrogens is 4. The van der Waals surface area contributed by atoms with Crippen molar-refractivity contribution in [2.75, 3.05) is 23.4 Å². The first-order chi connectivity index (χ1) is 9.57. The minimum Gasteiger partial charge on any atom is -0.387 e. The van der Waals surface area contributed by atoms with Crippen molar-refractivity contribution in [3.05, 3.63) is 18.0 Å². The van der Waals surface area contributed by atoms with Crippen molar-refractivity contribution in [1.82, 2.24) is 19.8 Å². The number of hydrogen-bond acceptors (Lipinski definition) is 6. The molecule has 1 unspecified atom stereocenters. The van der Waals surface area contributed by atoms with Crippen LogP contribution >= 0.6 is 11.8 Å². The number of nitrogens with one attached hydrogen (secondary N) is 1. The largest absolute Gasteiger partial charge is 0.387 e. The summed E-state index contributed by atoms with van der Waals surface area (Å²) in [6.07, 6.45) is -2.02. The Labute approximate surface area is 117 Å². The van der Waals surface area contributed by atoms with Crippen molar-refractivity contribution in [3.8, 4) is 0 Å². The molecule has 9 heteroatoms. The van der Waals surface area contributed by atoms with E-state index < -0.39 is 17.9 Å². The zero-order valence-electron chi connectivity index (χ0n) is 10.5. The smallest absolute Gasteiger partial charge is 0.299 e. The van der Waals surface area contributed by atoms with Gasteiger partial charge >= 0.3 is 0 Å². The molecule has 1 saturated heterocycles. The lowest BCUT2D eigenvalue weighted by molar-refractivity contribution is 0.0819. The molecule has 0 saturated carbocycles. The van der Waals surface area contributed by atoms with E-state index in [-0.39, 0.29) is 5.65 Å². The quantitative estimate of drug-likeness (QED) is 0.887. The van der Waals surface area contributed by atoms with E-state index in [1.807, 2.05) is 0 Å². The van der Waals surface area contributed by atoms with Gasteiger partial charge in [-0.3, -0.25) is 0 Å². The van der Waals surface area contributed by atoms with Crippen LogP contribution in [-0.4, -0.2) is 48.6 Å². The first-order valence-corrected chi connectivity index (χ1v) is 7.27. The van der Waals surface area contributed by atoms with Crippen LogP contribution in [0.5, 0.6) is 0 Å². The SMILES string of the molecule is OC1(CNc2ccc3nnc(C(F)F)n3n2)CCSC1. The predicted octanol–water partition coefficient (Wildman–Crippen LogP) is 1.34. The van der Waals surface area contributed by atoms with E-state index in [1.54, 1.807) is 23.9 Å². The summed E-state index contributed by atoms with van der Waals surface area (Å²) in [6.45, 7) is 0.338. The number of alkyl halides is 2. The van der Waals surface area contributed by atoms with Gasteiger partial charge in [-0.15, -0.1) is 15.3 Å². The number of fused-ring (bicyclic) bond motifs is 1. The highest BCUT2D eigenvalue weighted by Gasteiger charge is 2.31. The molecule has 1 fully saturated rings. The summed E-state index contributed by atoms with van der Waals surface area (Å²) in [5.41, 5.74) is -0.499. The fourth-order valence-corrected chi connectivity index (χ4v) is 3.32. The Hall–Kier alpha value is -1.48. The van der Waals surface area contributed by atoms with E-state index in [0.29, 0.717) is 24.5 Å². The van der Waals surface area contributed by atoms with Gasteiger partial charge in [0.1, 0.15) is 5.82 Å². The van der Waals surface area contributed by atoms with Gasteiger partial charge in [0.25, 0.3) is 6.43 Å². The number of hydrogen-bond donors (Lipinski definition) is 2. The maximum atomic E-state index is 12.7. The van der Waals surface area contributed by atoms with Gasteiger partial charge in [-0.25, -0.2) is 8.78 Å². The van der Waals surface area contributed by atoms with Crippen molar-refractivity contribution >= 4 is 23.2 Å². The third kappa shape index (κ3) is 2.55. The van der Waals surface area contributed by atoms with Crippen molar-refractivity contribution in [2.45, 2.75) is 18.4 Å². The lowest BCUT2D eigenvalue weighted by atomic mass is 10.0. The summed E-state index contributed by atoms with van der Waals surface area (Å²) in [4.78, 5) is 0. The van der Waals surface area contributed by atoms with Crippen molar-refractivity contribution in [1.29, 1.82) is 0 Å². The molecule has 0 spiro atoms. The Balaban J connectivity index is 1.79. The van der Waals surface area contributed by atoms with Gasteiger partial charge in [-0.05, 0) is 24.3 Å². The zero-order valence-corrected chi connectivity index (χ0v) is 11.3. The van der Waals surface area contributed by atoms with Gasteiger partial charge in [-0.1, -0.05) is 0 Å². The van der Waals surface area contributed by atoms with Gasteiger partial charge in [0.05, 0.1) is 5.60 Å². The van der Waals surface area contributed by atoms with E-state index in [4.69, 9.17) is 0 Å². The van der Waals surface area contributed by atoms with E-state index >= 15 is 0 Å². The molecule has 0 aliphatic carbocycles. The summed E-state index contributed by atoms with van der Waals surface area (Å²) in [7, 11) is 0. The first kappa shape index (κ1) is 13.5. The van der Waals surface area contributed by atoms with E-state index in [9.17, 15) is 13.9 Å². The van der Waals surface area contributed by atoms with Gasteiger partial charge < -0.3 is 10.4 Å². The van der Waals surface area contributed by atoms with E-state index in [2.05, 4.69) is 20.6 Å². The molecule has 3 rings (SSSR count). The number of halogens is 2. The topological polar surface area (TPSA) is 75.3 Å². The van der Waals surface area contributed by atoms with Gasteiger partial charge in [0.2, 0.25) is 5.82 Å². The Morgan fingerprint density at radius 3 is 3.00 bits per heavy atom. The highest BCUT2D eigenvalue weighted by atomic mass is 32.2. The molecule has 6 nitrogen and oxygen atoms in total. The number of nitrogens with zero attached hydrogens (tertiary/aromatic N) is 4. The standard InChI is InChI=1S/C11H13F2N5OS/c12-9(13)10-16-15-8-2-1-7(17-18(8)10)14-5-11(19)3-4-20-6-11/h1-2,9,19H,3-6H2,(H,14,17). The maximum Gasteiger partial charge on any atom is 0.299 e. The summed E-state index contributed by atoms with van der Waals surface area (Å²) in [5.74, 6) is 1.51. The summed E-state index contributed by atoms with van der Waals surface area (Å²) in [5, 5.41) is 24.2. The molecule has 1 aliphatic heterocycles. The Morgan fingerprint density at radius 2 is 2.30 bits per heavy atom. The predicted molar refractivity (Wildman–Crippen MR) is 71.1 cm³/mol. The zero-order chi connectivity index (χ0) is 14.2. The maximum absolute atomic E-state index is 12.7. The summed E-state index contributed by atoms with van der Waals surface area (Å²) in [6, 6.07) is 3.19. The molecule has 1 atom stereocenters. The van der Waals surface area contributed by atoms with Crippen LogP contribution < -0.4 is 5.32 Å². The summed E-state index contributed by atoms with van der Waals surface area (Å²) >= 11 is 1.69. The Bertz CT molecular complexity index is 614. The van der Waals surface area contributed by atoms with Crippen molar-refractivity contribution in [2.24, 2.45) is 0 Å². The number of anilines is 1. The van der Waals surface area contributed by atoms with Gasteiger partial charge in [-0.2, -0.15) is 16.3 Å². The first-order valence-electron chi connectivity index (χ1n) is 6.12. The Kier molecular flexibility index (Phi) is 3.47. The average Bonchev–Trinajstić information content (AvgIpc) is 3.02. The highest BCUT2D eigenvalue weighted by molar-refractivity contribution is 7.99. The number of thioether (sulfide) groups is 1. The molecule has 20 heavy (non-hydrogen) atoms. The third-order valence-electron chi connectivity index (χ3n) is 3.16. The minimum absolute atomic E-state index is 0.265. The van der Waals surface area contributed by atoms with Crippen LogP contribution in [0, 0.1) is 0 Å². The molecule has 2 aromatic heterocycles. The van der Waals surface area contributed by atoms with Crippen molar-refractivity contribution < 1.29 is 13.9 Å². The fraction of sp³-hybridized carbons (Fsp3) is 0.545. The second-order valence-electron chi connectivity index (χ2n) is 4.73. The molecule has 0 radical (unpaired) electrons. The molecule has 0 amide bonds. The minimum atomic E-state index is -2.73. The average molecular weight is 301 g/mol. The summed E-state index contributed by atoms with van der Waals surface area (Å²) < 4.78 is 26.5. The van der Waals surface area contributed by atoms with Crippen LogP contribution in [0.15, 0.2) is 12.1 Å². The number of rotatable bonds is 4. The van der Waals surface area contributed by atoms with Gasteiger partial charge in [0.15, 0.2) is 5.65 Å². The molecule has 0 aromatic carbocycles. The van der Waals surface area contributed by atoms with Crippen LogP contribution in [0.1, 0.15) is 18.7 Å². The van der Waals surface area contributed by atoms with Crippen LogP contribution in [0.2, 0.25) is 0 Å². The van der Waals surface area contributed by atoms with E-state index in [1.165, 1.54) is 0 Å². The monoisotopic (exact) mass is 301 g/mol. The Morgan fingerprint density at radius 1 is 1.45 bits per heavy atom. The normalized spacial score (nSPS) is 22.8. The van der Waals surface area contributed by atoms with E-state index in [0.717, 1.165) is 10.3 Å². The lowest BCUT2D eigenvalue weighted by Gasteiger charge is -2.21. The second kappa shape index (κ2) is 5.13. The van der Waals surface area contributed by atoms with Crippen LogP contribution in [0.4, 0.5) is 14.6 Å². The molecular weight excluding hydrogens is 288 g/mol. The van der Waals surface area contributed by atoms with Crippen LogP contribution in [0.25, 0.3) is 5.65 Å². The molecule has 2 N–H and O–H groups in total. The fourth-order valence-electron chi connectivity index (χ4n) is 2.03. The second-order valence-corrected chi connectivity index (χ2v) is 5.83. The molecule has 108 valence electrons.